The zero-order chi connectivity index (χ0) is 34.6. The summed E-state index contributed by atoms with van der Waals surface area (Å²) in [6, 6.07) is 64.0. The third-order valence-corrected chi connectivity index (χ3v) is 21.0. The summed E-state index contributed by atoms with van der Waals surface area (Å²) in [7, 11) is -3.66. The molecule has 0 unspecified atom stereocenters. The molecule has 0 fully saturated rings. The molecule has 4 heteroatoms. The molecule has 0 N–H and O–H groups in total. The van der Waals surface area contributed by atoms with Gasteiger partial charge in [0, 0.05) is 26.6 Å². The Balaban J connectivity index is 1.68. The van der Waals surface area contributed by atoms with Crippen molar-refractivity contribution in [2.24, 2.45) is 0 Å². The molecule has 0 heterocycles. The van der Waals surface area contributed by atoms with Crippen LogP contribution in [0.3, 0.4) is 0 Å². The van der Waals surface area contributed by atoms with Crippen molar-refractivity contribution in [1.82, 2.24) is 0 Å². The number of rotatable bonds is 17. The molecule has 6 aromatic rings. The summed E-state index contributed by atoms with van der Waals surface area (Å²) in [5.74, 6) is 0. The Morgan fingerprint density at radius 1 is 0.400 bits per heavy atom. The molecule has 0 atom stereocenters. The number of nitrogens with zero attached hydrogens (tertiary/aromatic N) is 1. The Morgan fingerprint density at radius 2 is 0.740 bits per heavy atom. The summed E-state index contributed by atoms with van der Waals surface area (Å²) in [6.07, 6.45) is 7.82. The van der Waals surface area contributed by atoms with Gasteiger partial charge in [0.05, 0.1) is 29.9 Å². The van der Waals surface area contributed by atoms with Crippen LogP contribution < -0.4 is 30.8 Å². The van der Waals surface area contributed by atoms with E-state index in [1.165, 1.54) is 94.3 Å². The molecule has 0 bridgehead atoms. The summed E-state index contributed by atoms with van der Waals surface area (Å²) in [5, 5.41) is 10.1. The quantitative estimate of drug-likeness (QED) is 0.0673. The highest BCUT2D eigenvalue weighted by molar-refractivity contribution is 7.90. The van der Waals surface area contributed by atoms with E-state index >= 15 is 0 Å². The minimum atomic E-state index is -1.77. The molecular weight excluding hydrogens is 657 g/mol. The van der Waals surface area contributed by atoms with Crippen LogP contribution in [0.2, 0.25) is 18.1 Å². The molecule has 0 aliphatic rings. The lowest BCUT2D eigenvalue weighted by molar-refractivity contribution is 0.801. The van der Waals surface area contributed by atoms with E-state index in [1.807, 2.05) is 0 Å². The van der Waals surface area contributed by atoms with E-state index in [0.29, 0.717) is 0 Å². The van der Waals surface area contributed by atoms with Gasteiger partial charge in [0.2, 0.25) is 0 Å². The average Bonchev–Trinajstić information content (AvgIpc) is 3.19. The van der Waals surface area contributed by atoms with Crippen molar-refractivity contribution >= 4 is 67.1 Å². The lowest BCUT2D eigenvalue weighted by atomic mass is 10.1. The van der Waals surface area contributed by atoms with Crippen molar-refractivity contribution in [2.75, 3.05) is 4.44 Å². The number of anilines is 1. The maximum Gasteiger partial charge on any atom is 0.0875 e. The first-order valence-corrected chi connectivity index (χ1v) is 24.0. The molecule has 6 aromatic carbocycles. The molecule has 0 aliphatic carbocycles. The number of hydrogen-bond donors (Lipinski definition) is 0. The Labute approximate surface area is 305 Å². The fraction of sp³-hybridized carbons (Fsp3) is 0.261. The molecule has 0 amide bonds. The predicted molar refractivity (Wildman–Crippen MR) is 229 cm³/mol. The first kappa shape index (κ1) is 36.3. The standard InChI is InChI=1S/C46H53NP2Si/c1-4-7-36-50(37-8-5-2,38-9-6-3)46-35-34-45(43-32-22-23-33-44(43)46)47(48(39-24-14-10-15-25-39)40-26-16-11-17-27-40)49(41-28-18-12-19-29-41)42-30-20-13-21-31-42/h10-35H,4-9,36-38H2,1-3H3. The molecule has 256 valence electrons. The van der Waals surface area contributed by atoms with Gasteiger partial charge >= 0.3 is 0 Å². The van der Waals surface area contributed by atoms with Gasteiger partial charge in [-0.25, -0.2) is 0 Å². The van der Waals surface area contributed by atoms with E-state index in [-0.39, 0.29) is 0 Å². The van der Waals surface area contributed by atoms with Crippen LogP contribution in [-0.2, 0) is 0 Å². The maximum atomic E-state index is 2.87. The highest BCUT2D eigenvalue weighted by Crippen LogP contribution is 2.58. The average molecular weight is 710 g/mol. The first-order chi connectivity index (χ1) is 24.7. The van der Waals surface area contributed by atoms with Crippen molar-refractivity contribution in [1.29, 1.82) is 0 Å². The normalized spacial score (nSPS) is 11.8. The molecule has 0 aromatic heterocycles. The molecular formula is C46H53NP2Si. The molecule has 0 saturated carbocycles. The topological polar surface area (TPSA) is 3.24 Å². The smallest absolute Gasteiger partial charge is 0.0875 e. The molecule has 1 nitrogen and oxygen atoms in total. The second kappa shape index (κ2) is 18.1. The van der Waals surface area contributed by atoms with Crippen LogP contribution in [0.15, 0.2) is 158 Å². The van der Waals surface area contributed by atoms with E-state index in [1.54, 1.807) is 5.19 Å². The molecule has 50 heavy (non-hydrogen) atoms. The second-order valence-corrected chi connectivity index (χ2v) is 22.6. The number of hydrogen-bond acceptors (Lipinski definition) is 1. The Bertz CT molecular complexity index is 1700. The van der Waals surface area contributed by atoms with Crippen molar-refractivity contribution in [3.63, 3.8) is 0 Å². The molecule has 0 aliphatic heterocycles. The van der Waals surface area contributed by atoms with E-state index in [4.69, 9.17) is 0 Å². The van der Waals surface area contributed by atoms with Crippen LogP contribution in [0, 0.1) is 0 Å². The zero-order valence-corrected chi connectivity index (χ0v) is 33.0. The van der Waals surface area contributed by atoms with Crippen LogP contribution in [0.5, 0.6) is 0 Å². The lowest BCUT2D eigenvalue weighted by Gasteiger charge is -2.42. The largest absolute Gasteiger partial charge is 0.312 e. The van der Waals surface area contributed by atoms with Crippen molar-refractivity contribution in [2.45, 2.75) is 77.4 Å². The Morgan fingerprint density at radius 3 is 1.10 bits per heavy atom. The SMILES string of the molecule is CCCC[Si](CCCC)(CCCC)c1ccc(N(P(c2ccccc2)c2ccccc2)P(c2ccccc2)c2ccccc2)c2ccccc12. The minimum Gasteiger partial charge on any atom is -0.312 e. The highest BCUT2D eigenvalue weighted by atomic mass is 31.2. The van der Waals surface area contributed by atoms with Gasteiger partial charge in [0.25, 0.3) is 0 Å². The number of benzene rings is 6. The third-order valence-electron chi connectivity index (χ3n) is 10.1. The Hall–Kier alpha value is -3.54. The van der Waals surface area contributed by atoms with Crippen LogP contribution in [0.4, 0.5) is 5.69 Å². The summed E-state index contributed by atoms with van der Waals surface area (Å²) in [4.78, 5) is 0. The molecule has 0 spiro atoms. The van der Waals surface area contributed by atoms with Gasteiger partial charge in [0.15, 0.2) is 0 Å². The van der Waals surface area contributed by atoms with Gasteiger partial charge in [-0.2, -0.15) is 0 Å². The maximum absolute atomic E-state index is 2.87. The summed E-state index contributed by atoms with van der Waals surface area (Å²) in [5.41, 5.74) is 1.35. The van der Waals surface area contributed by atoms with E-state index in [9.17, 15) is 0 Å². The Kier molecular flexibility index (Phi) is 13.1. The van der Waals surface area contributed by atoms with Crippen molar-refractivity contribution < 1.29 is 0 Å². The molecule has 0 radical (unpaired) electrons. The zero-order valence-electron chi connectivity index (χ0n) is 30.2. The molecule has 0 saturated heterocycles. The van der Waals surface area contributed by atoms with Gasteiger partial charge in [-0.1, -0.05) is 234 Å². The van der Waals surface area contributed by atoms with Crippen LogP contribution in [0.1, 0.15) is 59.3 Å². The summed E-state index contributed by atoms with van der Waals surface area (Å²) >= 11 is 0. The van der Waals surface area contributed by atoms with E-state index in [0.717, 1.165) is 0 Å². The minimum absolute atomic E-state index is 0.943. The van der Waals surface area contributed by atoms with E-state index in [2.05, 4.69) is 183 Å². The highest BCUT2D eigenvalue weighted by Gasteiger charge is 2.37. The predicted octanol–water partition coefficient (Wildman–Crippen LogP) is 11.8. The number of fused-ring (bicyclic) bond motifs is 1. The third kappa shape index (κ3) is 8.16. The second-order valence-electron chi connectivity index (χ2n) is 13.5. The van der Waals surface area contributed by atoms with Gasteiger partial charge in [-0.3, -0.25) is 0 Å². The van der Waals surface area contributed by atoms with Crippen molar-refractivity contribution in [3.8, 4) is 0 Å². The van der Waals surface area contributed by atoms with E-state index < -0.39 is 24.2 Å². The first-order valence-electron chi connectivity index (χ1n) is 18.8. The van der Waals surface area contributed by atoms with Gasteiger partial charge < -0.3 is 4.44 Å². The monoisotopic (exact) mass is 709 g/mol. The fourth-order valence-electron chi connectivity index (χ4n) is 7.56. The van der Waals surface area contributed by atoms with Crippen molar-refractivity contribution in [3.05, 3.63) is 158 Å². The van der Waals surface area contributed by atoms with Gasteiger partial charge in [0.1, 0.15) is 0 Å². The molecule has 6 rings (SSSR count). The lowest BCUT2D eigenvalue weighted by Crippen LogP contribution is -2.48. The number of unbranched alkanes of at least 4 members (excludes halogenated alkanes) is 3. The summed E-state index contributed by atoms with van der Waals surface area (Å²) < 4.78 is 2.87. The van der Waals surface area contributed by atoms with Gasteiger partial charge in [-0.15, -0.1) is 0 Å². The van der Waals surface area contributed by atoms with Crippen LogP contribution in [0.25, 0.3) is 10.8 Å². The summed E-state index contributed by atoms with van der Waals surface area (Å²) in [6.45, 7) is 7.13. The van der Waals surface area contributed by atoms with Gasteiger partial charge in [-0.05, 0) is 11.5 Å². The van der Waals surface area contributed by atoms with Crippen LogP contribution >= 0.6 is 16.1 Å². The fourth-order valence-corrected chi connectivity index (χ4v) is 19.5. The van der Waals surface area contributed by atoms with Crippen LogP contribution in [-0.4, -0.2) is 8.07 Å².